The molecular weight excluding hydrogens is 352 g/mol. The van der Waals surface area contributed by atoms with Crippen LogP contribution in [0.3, 0.4) is 0 Å². The highest BCUT2D eigenvalue weighted by molar-refractivity contribution is 5.74. The van der Waals surface area contributed by atoms with Crippen LogP contribution in [-0.2, 0) is 19.3 Å². The van der Waals surface area contributed by atoms with E-state index in [2.05, 4.69) is 28.8 Å². The van der Waals surface area contributed by atoms with Crippen molar-refractivity contribution in [3.8, 4) is 11.5 Å². The number of hydrogen-bond acceptors (Lipinski definition) is 3. The minimum absolute atomic E-state index is 0.0201. The van der Waals surface area contributed by atoms with E-state index in [0.29, 0.717) is 18.0 Å². The maximum absolute atomic E-state index is 12.3. The highest BCUT2D eigenvalue weighted by atomic mass is 16.5. The van der Waals surface area contributed by atoms with Gasteiger partial charge in [0.15, 0.2) is 11.5 Å². The predicted molar refractivity (Wildman–Crippen MR) is 111 cm³/mol. The lowest BCUT2D eigenvalue weighted by Gasteiger charge is -2.20. The summed E-state index contributed by atoms with van der Waals surface area (Å²) in [5.74, 6) is 1.40. The number of benzene rings is 2. The summed E-state index contributed by atoms with van der Waals surface area (Å²) in [6.07, 6.45) is 5.58. The number of fused-ring (bicyclic) bond motifs is 1. The largest absolute Gasteiger partial charge is 0.493 e. The van der Waals surface area contributed by atoms with Gasteiger partial charge in [0.1, 0.15) is 0 Å². The molecule has 2 aromatic carbocycles. The number of hydrogen-bond donors (Lipinski definition) is 2. The lowest BCUT2D eigenvalue weighted by molar-refractivity contribution is 0.238. The Labute approximate surface area is 167 Å². The zero-order chi connectivity index (χ0) is 19.9. The third-order valence-electron chi connectivity index (χ3n) is 5.37. The molecule has 150 valence electrons. The van der Waals surface area contributed by atoms with Crippen molar-refractivity contribution in [2.45, 2.75) is 45.1 Å². The van der Waals surface area contributed by atoms with Crippen LogP contribution in [0, 0.1) is 0 Å². The van der Waals surface area contributed by atoms with Gasteiger partial charge in [-0.05, 0) is 73.4 Å². The first-order chi connectivity index (χ1) is 13.6. The average Bonchev–Trinajstić information content (AvgIpc) is 2.73. The van der Waals surface area contributed by atoms with Crippen molar-refractivity contribution in [3.63, 3.8) is 0 Å². The van der Waals surface area contributed by atoms with Crippen LogP contribution >= 0.6 is 0 Å². The number of rotatable bonds is 7. The first kappa shape index (κ1) is 20.1. The van der Waals surface area contributed by atoms with Crippen molar-refractivity contribution < 1.29 is 14.3 Å². The van der Waals surface area contributed by atoms with Gasteiger partial charge in [-0.25, -0.2) is 4.79 Å². The molecule has 5 heteroatoms. The Kier molecular flexibility index (Phi) is 6.80. The van der Waals surface area contributed by atoms with E-state index in [4.69, 9.17) is 9.47 Å². The molecule has 1 atom stereocenters. The third kappa shape index (κ3) is 4.97. The Hall–Kier alpha value is -2.69. The predicted octanol–water partition coefficient (Wildman–Crippen LogP) is 4.19. The smallest absolute Gasteiger partial charge is 0.315 e. The first-order valence-corrected chi connectivity index (χ1v) is 9.97. The van der Waals surface area contributed by atoms with E-state index in [1.54, 1.807) is 14.2 Å². The van der Waals surface area contributed by atoms with Gasteiger partial charge in [-0.1, -0.05) is 24.3 Å². The zero-order valence-corrected chi connectivity index (χ0v) is 17.0. The fraction of sp³-hybridized carbons (Fsp3) is 0.435. The fourth-order valence-electron chi connectivity index (χ4n) is 3.71. The SMILES string of the molecule is COc1ccc(CCNC(=O)NC(C)c2ccc3c(c2)CCCC3)cc1OC. The Morgan fingerprint density at radius 1 is 1.00 bits per heavy atom. The van der Waals surface area contributed by atoms with E-state index >= 15 is 0 Å². The molecule has 28 heavy (non-hydrogen) atoms. The summed E-state index contributed by atoms with van der Waals surface area (Å²) >= 11 is 0. The molecule has 5 nitrogen and oxygen atoms in total. The van der Waals surface area contributed by atoms with Crippen LogP contribution in [0.15, 0.2) is 36.4 Å². The van der Waals surface area contributed by atoms with Gasteiger partial charge in [0.25, 0.3) is 0 Å². The molecule has 1 unspecified atom stereocenters. The van der Waals surface area contributed by atoms with Crippen LogP contribution in [0.2, 0.25) is 0 Å². The van der Waals surface area contributed by atoms with Crippen molar-refractivity contribution in [3.05, 3.63) is 58.7 Å². The van der Waals surface area contributed by atoms with Crippen molar-refractivity contribution >= 4 is 6.03 Å². The Bertz CT molecular complexity index is 819. The quantitative estimate of drug-likeness (QED) is 0.755. The molecule has 0 heterocycles. The highest BCUT2D eigenvalue weighted by Gasteiger charge is 2.14. The number of aryl methyl sites for hydroxylation is 2. The second-order valence-electron chi connectivity index (χ2n) is 7.30. The molecule has 0 aliphatic heterocycles. The van der Waals surface area contributed by atoms with E-state index in [1.165, 1.54) is 30.4 Å². The zero-order valence-electron chi connectivity index (χ0n) is 17.0. The van der Waals surface area contributed by atoms with E-state index in [9.17, 15) is 4.79 Å². The van der Waals surface area contributed by atoms with Gasteiger partial charge in [0.2, 0.25) is 0 Å². The Balaban J connectivity index is 1.49. The Morgan fingerprint density at radius 2 is 1.75 bits per heavy atom. The van der Waals surface area contributed by atoms with Crippen LogP contribution in [0.1, 0.15) is 48.1 Å². The van der Waals surface area contributed by atoms with Crippen LogP contribution in [0.4, 0.5) is 4.79 Å². The van der Waals surface area contributed by atoms with E-state index < -0.39 is 0 Å². The standard InChI is InChI=1S/C23H30N2O3/c1-16(19-10-9-18-6-4-5-7-20(18)15-19)25-23(26)24-13-12-17-8-11-21(27-2)22(14-17)28-3/h8-11,14-16H,4-7,12-13H2,1-3H3,(H2,24,25,26). The molecule has 2 aromatic rings. The summed E-state index contributed by atoms with van der Waals surface area (Å²) in [5.41, 5.74) is 5.14. The van der Waals surface area contributed by atoms with Crippen molar-refractivity contribution in [1.82, 2.24) is 10.6 Å². The van der Waals surface area contributed by atoms with Gasteiger partial charge >= 0.3 is 6.03 Å². The summed E-state index contributed by atoms with van der Waals surface area (Å²) in [7, 11) is 3.24. The molecule has 1 aliphatic carbocycles. The van der Waals surface area contributed by atoms with E-state index in [1.807, 2.05) is 25.1 Å². The number of methoxy groups -OCH3 is 2. The molecule has 0 fully saturated rings. The summed E-state index contributed by atoms with van der Waals surface area (Å²) < 4.78 is 10.6. The number of urea groups is 1. The normalized spacial score (nSPS) is 14.0. The molecule has 1 aliphatic rings. The van der Waals surface area contributed by atoms with Crippen LogP contribution in [-0.4, -0.2) is 26.8 Å². The average molecular weight is 383 g/mol. The summed E-state index contributed by atoms with van der Waals surface area (Å²) in [4.78, 5) is 12.3. The number of amides is 2. The molecule has 2 amide bonds. The van der Waals surface area contributed by atoms with Crippen molar-refractivity contribution in [2.75, 3.05) is 20.8 Å². The fourth-order valence-corrected chi connectivity index (χ4v) is 3.71. The minimum atomic E-state index is -0.148. The number of carbonyl (C=O) groups is 1. The first-order valence-electron chi connectivity index (χ1n) is 9.97. The topological polar surface area (TPSA) is 59.6 Å². The van der Waals surface area contributed by atoms with Gasteiger partial charge in [-0.3, -0.25) is 0 Å². The monoisotopic (exact) mass is 382 g/mol. The van der Waals surface area contributed by atoms with Crippen LogP contribution < -0.4 is 20.1 Å². The van der Waals surface area contributed by atoms with Gasteiger partial charge in [-0.15, -0.1) is 0 Å². The molecule has 0 saturated heterocycles. The van der Waals surface area contributed by atoms with Gasteiger partial charge in [0.05, 0.1) is 20.3 Å². The molecule has 0 aromatic heterocycles. The number of ether oxygens (including phenoxy) is 2. The lowest BCUT2D eigenvalue weighted by atomic mass is 9.89. The molecule has 2 N–H and O–H groups in total. The van der Waals surface area contributed by atoms with Crippen LogP contribution in [0.25, 0.3) is 0 Å². The lowest BCUT2D eigenvalue weighted by Crippen LogP contribution is -2.38. The molecule has 0 saturated carbocycles. The summed E-state index contributed by atoms with van der Waals surface area (Å²) in [6.45, 7) is 2.58. The molecular formula is C23H30N2O3. The second kappa shape index (κ2) is 9.49. The summed E-state index contributed by atoms with van der Waals surface area (Å²) in [6, 6.07) is 12.2. The minimum Gasteiger partial charge on any atom is -0.493 e. The van der Waals surface area contributed by atoms with Crippen LogP contribution in [0.5, 0.6) is 11.5 Å². The second-order valence-corrected chi connectivity index (χ2v) is 7.30. The molecule has 0 bridgehead atoms. The van der Waals surface area contributed by atoms with E-state index in [-0.39, 0.29) is 12.1 Å². The van der Waals surface area contributed by atoms with Gasteiger partial charge in [0, 0.05) is 6.54 Å². The molecule has 0 radical (unpaired) electrons. The van der Waals surface area contributed by atoms with Gasteiger partial charge in [-0.2, -0.15) is 0 Å². The Morgan fingerprint density at radius 3 is 2.50 bits per heavy atom. The molecule has 0 spiro atoms. The number of carbonyl (C=O) groups excluding carboxylic acids is 1. The van der Waals surface area contributed by atoms with Crippen molar-refractivity contribution in [2.24, 2.45) is 0 Å². The number of nitrogens with one attached hydrogen (secondary N) is 2. The highest BCUT2D eigenvalue weighted by Crippen LogP contribution is 2.27. The van der Waals surface area contributed by atoms with Crippen molar-refractivity contribution in [1.29, 1.82) is 0 Å². The maximum Gasteiger partial charge on any atom is 0.315 e. The van der Waals surface area contributed by atoms with E-state index in [0.717, 1.165) is 24.0 Å². The summed E-state index contributed by atoms with van der Waals surface area (Å²) in [5, 5.41) is 5.97. The van der Waals surface area contributed by atoms with Gasteiger partial charge < -0.3 is 20.1 Å². The maximum atomic E-state index is 12.3. The molecule has 3 rings (SSSR count). The third-order valence-corrected chi connectivity index (χ3v) is 5.37.